The minimum atomic E-state index is 0.195. The maximum Gasteiger partial charge on any atom is 0.127 e. The van der Waals surface area contributed by atoms with Crippen LogP contribution in [0, 0.1) is 5.92 Å². The highest BCUT2D eigenvalue weighted by atomic mass is 16.3. The number of pyridine rings is 1. The van der Waals surface area contributed by atoms with Gasteiger partial charge >= 0.3 is 0 Å². The van der Waals surface area contributed by atoms with Crippen LogP contribution in [0.2, 0.25) is 0 Å². The highest BCUT2D eigenvalue weighted by molar-refractivity contribution is 5.52. The van der Waals surface area contributed by atoms with Crippen molar-refractivity contribution in [2.45, 2.75) is 33.2 Å². The SMILES string of the molecule is CCCNc1cc(NC(C)C(C)CO)ccn1. The molecule has 0 aromatic carbocycles. The van der Waals surface area contributed by atoms with Crippen LogP contribution < -0.4 is 10.6 Å². The van der Waals surface area contributed by atoms with Crippen LogP contribution in [-0.2, 0) is 0 Å². The van der Waals surface area contributed by atoms with E-state index < -0.39 is 0 Å². The molecule has 0 bridgehead atoms. The van der Waals surface area contributed by atoms with E-state index in [-0.39, 0.29) is 18.6 Å². The summed E-state index contributed by atoms with van der Waals surface area (Å²) in [6.45, 7) is 7.34. The molecular weight excluding hydrogens is 214 g/mol. The zero-order valence-electron chi connectivity index (χ0n) is 10.9. The number of hydrogen-bond acceptors (Lipinski definition) is 4. The van der Waals surface area contributed by atoms with Crippen molar-refractivity contribution in [1.82, 2.24) is 4.98 Å². The third kappa shape index (κ3) is 4.61. The fraction of sp³-hybridized carbons (Fsp3) is 0.615. The number of aromatic nitrogens is 1. The Kier molecular flexibility index (Phi) is 5.77. The van der Waals surface area contributed by atoms with Crippen molar-refractivity contribution in [3.8, 4) is 0 Å². The first-order valence-electron chi connectivity index (χ1n) is 6.24. The third-order valence-corrected chi connectivity index (χ3v) is 2.85. The second kappa shape index (κ2) is 7.12. The van der Waals surface area contributed by atoms with Crippen molar-refractivity contribution < 1.29 is 5.11 Å². The molecule has 0 radical (unpaired) electrons. The Bertz CT molecular complexity index is 330. The van der Waals surface area contributed by atoms with Gasteiger partial charge in [0.05, 0.1) is 0 Å². The Morgan fingerprint density at radius 2 is 2.18 bits per heavy atom. The molecule has 0 aliphatic heterocycles. The van der Waals surface area contributed by atoms with Crippen molar-refractivity contribution in [1.29, 1.82) is 0 Å². The largest absolute Gasteiger partial charge is 0.396 e. The van der Waals surface area contributed by atoms with Crippen molar-refractivity contribution in [3.63, 3.8) is 0 Å². The first-order valence-corrected chi connectivity index (χ1v) is 6.24. The number of aliphatic hydroxyl groups is 1. The molecule has 2 unspecified atom stereocenters. The van der Waals surface area contributed by atoms with E-state index in [0.717, 1.165) is 24.5 Å². The summed E-state index contributed by atoms with van der Waals surface area (Å²) in [4.78, 5) is 4.25. The lowest BCUT2D eigenvalue weighted by atomic mass is 10.1. The fourth-order valence-electron chi connectivity index (χ4n) is 1.43. The molecule has 0 saturated heterocycles. The van der Waals surface area contributed by atoms with Gasteiger partial charge in [0, 0.05) is 37.1 Å². The Hall–Kier alpha value is -1.29. The molecule has 1 aromatic rings. The average molecular weight is 237 g/mol. The number of nitrogens with zero attached hydrogens (tertiary/aromatic N) is 1. The normalized spacial score (nSPS) is 14.1. The maximum atomic E-state index is 9.09. The predicted molar refractivity (Wildman–Crippen MR) is 72.4 cm³/mol. The van der Waals surface area contributed by atoms with Crippen molar-refractivity contribution in [2.75, 3.05) is 23.8 Å². The lowest BCUT2D eigenvalue weighted by molar-refractivity contribution is 0.226. The second-order valence-corrected chi connectivity index (χ2v) is 4.45. The van der Waals surface area contributed by atoms with Gasteiger partial charge in [-0.2, -0.15) is 0 Å². The average Bonchev–Trinajstić information content (AvgIpc) is 2.35. The van der Waals surface area contributed by atoms with Crippen LogP contribution in [-0.4, -0.2) is 29.3 Å². The topological polar surface area (TPSA) is 57.2 Å². The molecule has 0 fully saturated rings. The van der Waals surface area contributed by atoms with E-state index in [4.69, 9.17) is 5.11 Å². The second-order valence-electron chi connectivity index (χ2n) is 4.45. The number of hydrogen-bond donors (Lipinski definition) is 3. The van der Waals surface area contributed by atoms with Crippen molar-refractivity contribution in [2.24, 2.45) is 5.92 Å². The molecule has 1 heterocycles. The minimum Gasteiger partial charge on any atom is -0.396 e. The van der Waals surface area contributed by atoms with E-state index in [1.807, 2.05) is 19.1 Å². The van der Waals surface area contributed by atoms with Gasteiger partial charge in [0.25, 0.3) is 0 Å². The Morgan fingerprint density at radius 1 is 1.41 bits per heavy atom. The van der Waals surface area contributed by atoms with Gasteiger partial charge < -0.3 is 15.7 Å². The van der Waals surface area contributed by atoms with E-state index in [9.17, 15) is 0 Å². The molecule has 0 amide bonds. The standard InChI is InChI=1S/C13H23N3O/c1-4-6-14-13-8-12(5-7-15-13)16-11(3)10(2)9-17/h5,7-8,10-11,17H,4,6,9H2,1-3H3,(H2,14,15,16). The van der Waals surface area contributed by atoms with Gasteiger partial charge in [-0.05, 0) is 25.3 Å². The van der Waals surface area contributed by atoms with E-state index in [1.54, 1.807) is 6.20 Å². The molecule has 4 nitrogen and oxygen atoms in total. The van der Waals surface area contributed by atoms with Gasteiger partial charge in [-0.1, -0.05) is 13.8 Å². The zero-order valence-corrected chi connectivity index (χ0v) is 10.9. The molecule has 1 aromatic heterocycles. The molecule has 0 spiro atoms. The van der Waals surface area contributed by atoms with E-state index in [0.29, 0.717) is 0 Å². The van der Waals surface area contributed by atoms with Gasteiger partial charge in [0.1, 0.15) is 5.82 Å². The van der Waals surface area contributed by atoms with Crippen LogP contribution in [0.4, 0.5) is 11.5 Å². The van der Waals surface area contributed by atoms with Crippen LogP contribution in [0.25, 0.3) is 0 Å². The minimum absolute atomic E-state index is 0.195. The molecule has 1 rings (SSSR count). The third-order valence-electron chi connectivity index (χ3n) is 2.85. The molecule has 96 valence electrons. The summed E-state index contributed by atoms with van der Waals surface area (Å²) < 4.78 is 0. The highest BCUT2D eigenvalue weighted by Gasteiger charge is 2.10. The molecule has 2 atom stereocenters. The predicted octanol–water partition coefficient (Wildman–Crippen LogP) is 2.33. The molecule has 4 heteroatoms. The van der Waals surface area contributed by atoms with Crippen LogP contribution in [0.3, 0.4) is 0 Å². The van der Waals surface area contributed by atoms with Crippen molar-refractivity contribution in [3.05, 3.63) is 18.3 Å². The summed E-state index contributed by atoms with van der Waals surface area (Å²) in [6.07, 6.45) is 2.87. The zero-order chi connectivity index (χ0) is 12.7. The van der Waals surface area contributed by atoms with Gasteiger partial charge in [0.15, 0.2) is 0 Å². The molecule has 3 N–H and O–H groups in total. The van der Waals surface area contributed by atoms with Gasteiger partial charge in [0.2, 0.25) is 0 Å². The summed E-state index contributed by atoms with van der Waals surface area (Å²) in [7, 11) is 0. The summed E-state index contributed by atoms with van der Waals surface area (Å²) in [5.41, 5.74) is 1.03. The molecular formula is C13H23N3O. The van der Waals surface area contributed by atoms with Crippen molar-refractivity contribution >= 4 is 11.5 Å². The number of aliphatic hydroxyl groups excluding tert-OH is 1. The summed E-state index contributed by atoms with van der Waals surface area (Å²) in [6, 6.07) is 4.18. The summed E-state index contributed by atoms with van der Waals surface area (Å²) in [5, 5.41) is 15.7. The molecule has 0 aliphatic carbocycles. The van der Waals surface area contributed by atoms with Crippen LogP contribution in [0.5, 0.6) is 0 Å². The summed E-state index contributed by atoms with van der Waals surface area (Å²) in [5.74, 6) is 1.12. The maximum absolute atomic E-state index is 9.09. The Balaban J connectivity index is 2.58. The molecule has 0 aliphatic rings. The highest BCUT2D eigenvalue weighted by Crippen LogP contribution is 2.15. The van der Waals surface area contributed by atoms with Crippen LogP contribution in [0.1, 0.15) is 27.2 Å². The van der Waals surface area contributed by atoms with Crippen LogP contribution >= 0.6 is 0 Å². The number of anilines is 2. The van der Waals surface area contributed by atoms with E-state index >= 15 is 0 Å². The molecule has 17 heavy (non-hydrogen) atoms. The van der Waals surface area contributed by atoms with Gasteiger partial charge in [-0.3, -0.25) is 0 Å². The van der Waals surface area contributed by atoms with E-state index in [2.05, 4.69) is 29.5 Å². The Morgan fingerprint density at radius 3 is 2.82 bits per heavy atom. The number of nitrogens with one attached hydrogen (secondary N) is 2. The smallest absolute Gasteiger partial charge is 0.127 e. The molecule has 0 saturated carbocycles. The van der Waals surface area contributed by atoms with E-state index in [1.165, 1.54) is 0 Å². The summed E-state index contributed by atoms with van der Waals surface area (Å²) >= 11 is 0. The van der Waals surface area contributed by atoms with Gasteiger partial charge in [-0.15, -0.1) is 0 Å². The Labute approximate surface area is 103 Å². The lowest BCUT2D eigenvalue weighted by Crippen LogP contribution is -2.26. The monoisotopic (exact) mass is 237 g/mol. The number of rotatable bonds is 7. The first-order chi connectivity index (χ1) is 8.17. The lowest BCUT2D eigenvalue weighted by Gasteiger charge is -2.20. The first kappa shape index (κ1) is 13.8. The van der Waals surface area contributed by atoms with Crippen LogP contribution in [0.15, 0.2) is 18.3 Å². The quantitative estimate of drug-likeness (QED) is 0.681. The van der Waals surface area contributed by atoms with Gasteiger partial charge in [-0.25, -0.2) is 4.98 Å². The fourth-order valence-corrected chi connectivity index (χ4v) is 1.43.